The lowest BCUT2D eigenvalue weighted by Crippen LogP contribution is -2.30. The molecule has 0 aliphatic rings. The van der Waals surface area contributed by atoms with Gasteiger partial charge in [0.05, 0.1) is 0 Å². The fraction of sp³-hybridized carbons (Fsp3) is 0.942. The summed E-state index contributed by atoms with van der Waals surface area (Å²) in [7, 11) is 0. The van der Waals surface area contributed by atoms with Crippen molar-refractivity contribution in [1.29, 1.82) is 0 Å². The zero-order valence-electron chi connectivity index (χ0n) is 39.7. The summed E-state index contributed by atoms with van der Waals surface area (Å²) in [6.07, 6.45) is 45.2. The van der Waals surface area contributed by atoms with E-state index >= 15 is 0 Å². The molecule has 0 heterocycles. The molecule has 0 aromatic carbocycles. The van der Waals surface area contributed by atoms with Crippen molar-refractivity contribution in [1.82, 2.24) is 0 Å². The molecular formula is C52H100O6. The molecule has 0 radical (unpaired) electrons. The highest BCUT2D eigenvalue weighted by Gasteiger charge is 2.19. The van der Waals surface area contributed by atoms with E-state index in [-0.39, 0.29) is 31.1 Å². The van der Waals surface area contributed by atoms with Crippen LogP contribution in [0.25, 0.3) is 0 Å². The summed E-state index contributed by atoms with van der Waals surface area (Å²) >= 11 is 0. The van der Waals surface area contributed by atoms with Gasteiger partial charge in [-0.3, -0.25) is 14.4 Å². The standard InChI is InChI=1S/C52H100O6/c1-6-9-10-11-12-13-14-15-16-17-18-19-20-21-22-26-32-37-42-50(53)56-45-49(46-57-51(54)43-38-33-29-28-31-36-41-48(5)8-3)58-52(55)44-39-34-27-24-23-25-30-35-40-47(4)7-2/h47-49H,6-46H2,1-5H3/t47?,48?,49-/m1/s1. The third-order valence-electron chi connectivity index (χ3n) is 12.4. The van der Waals surface area contributed by atoms with E-state index in [1.807, 2.05) is 0 Å². The first-order valence-electron chi connectivity index (χ1n) is 25.8. The van der Waals surface area contributed by atoms with E-state index in [2.05, 4.69) is 34.6 Å². The molecule has 6 nitrogen and oxygen atoms in total. The van der Waals surface area contributed by atoms with Crippen molar-refractivity contribution >= 4 is 17.9 Å². The van der Waals surface area contributed by atoms with Gasteiger partial charge in [-0.25, -0.2) is 0 Å². The van der Waals surface area contributed by atoms with E-state index in [0.29, 0.717) is 19.3 Å². The van der Waals surface area contributed by atoms with Gasteiger partial charge >= 0.3 is 17.9 Å². The molecule has 0 rings (SSSR count). The number of hydrogen-bond acceptors (Lipinski definition) is 6. The summed E-state index contributed by atoms with van der Waals surface area (Å²) in [5.74, 6) is 0.805. The highest BCUT2D eigenvalue weighted by Crippen LogP contribution is 2.18. The number of ether oxygens (including phenoxy) is 3. The van der Waals surface area contributed by atoms with Crippen molar-refractivity contribution in [3.63, 3.8) is 0 Å². The number of rotatable bonds is 46. The van der Waals surface area contributed by atoms with Gasteiger partial charge in [-0.15, -0.1) is 0 Å². The van der Waals surface area contributed by atoms with Gasteiger partial charge in [0.15, 0.2) is 6.10 Å². The summed E-state index contributed by atoms with van der Waals surface area (Å²) in [6.45, 7) is 11.3. The maximum Gasteiger partial charge on any atom is 0.306 e. The van der Waals surface area contributed by atoms with Crippen LogP contribution in [-0.4, -0.2) is 37.2 Å². The van der Waals surface area contributed by atoms with Crippen molar-refractivity contribution in [2.45, 2.75) is 291 Å². The van der Waals surface area contributed by atoms with Gasteiger partial charge in [0, 0.05) is 19.3 Å². The molecule has 3 atom stereocenters. The Morgan fingerprint density at radius 2 is 0.603 bits per heavy atom. The molecule has 0 aliphatic heterocycles. The van der Waals surface area contributed by atoms with Gasteiger partial charge in [0.2, 0.25) is 0 Å². The number of unbranched alkanes of at least 4 members (excludes halogenated alkanes) is 29. The van der Waals surface area contributed by atoms with Crippen LogP contribution in [-0.2, 0) is 28.6 Å². The third kappa shape index (κ3) is 42.5. The predicted molar refractivity (Wildman–Crippen MR) is 247 cm³/mol. The van der Waals surface area contributed by atoms with Crippen LogP contribution in [0.15, 0.2) is 0 Å². The van der Waals surface area contributed by atoms with Crippen molar-refractivity contribution in [3.8, 4) is 0 Å². The molecule has 0 saturated carbocycles. The van der Waals surface area contributed by atoms with Crippen LogP contribution < -0.4 is 0 Å². The van der Waals surface area contributed by atoms with Gasteiger partial charge in [-0.1, -0.05) is 247 Å². The van der Waals surface area contributed by atoms with Gasteiger partial charge in [-0.2, -0.15) is 0 Å². The van der Waals surface area contributed by atoms with E-state index < -0.39 is 6.10 Å². The number of hydrogen-bond donors (Lipinski definition) is 0. The molecule has 58 heavy (non-hydrogen) atoms. The third-order valence-corrected chi connectivity index (χ3v) is 12.4. The first-order chi connectivity index (χ1) is 28.3. The Morgan fingerprint density at radius 3 is 0.897 bits per heavy atom. The molecule has 0 aromatic heterocycles. The zero-order chi connectivity index (χ0) is 42.6. The van der Waals surface area contributed by atoms with E-state index in [4.69, 9.17) is 14.2 Å². The summed E-state index contributed by atoms with van der Waals surface area (Å²) < 4.78 is 16.8. The van der Waals surface area contributed by atoms with E-state index in [9.17, 15) is 14.4 Å². The Hall–Kier alpha value is -1.59. The molecule has 0 amide bonds. The number of esters is 3. The lowest BCUT2D eigenvalue weighted by molar-refractivity contribution is -0.167. The summed E-state index contributed by atoms with van der Waals surface area (Å²) in [5, 5.41) is 0. The SMILES string of the molecule is CCCCCCCCCCCCCCCCCCCCC(=O)OC[C@H](COC(=O)CCCCCCCCC(C)CC)OC(=O)CCCCCCCCCCC(C)CC. The van der Waals surface area contributed by atoms with Crippen LogP contribution in [0.1, 0.15) is 285 Å². The molecular weight excluding hydrogens is 721 g/mol. The van der Waals surface area contributed by atoms with Crippen LogP contribution in [0.5, 0.6) is 0 Å². The number of carbonyl (C=O) groups is 3. The molecule has 0 N–H and O–H groups in total. The second kappa shape index (κ2) is 44.9. The molecule has 0 aromatic rings. The van der Waals surface area contributed by atoms with Crippen molar-refractivity contribution < 1.29 is 28.6 Å². The molecule has 6 heteroatoms. The maximum atomic E-state index is 12.8. The highest BCUT2D eigenvalue weighted by atomic mass is 16.6. The van der Waals surface area contributed by atoms with E-state index in [0.717, 1.165) is 69.6 Å². The van der Waals surface area contributed by atoms with Crippen molar-refractivity contribution in [2.24, 2.45) is 11.8 Å². The largest absolute Gasteiger partial charge is 0.462 e. The Bertz CT molecular complexity index is 889. The summed E-state index contributed by atoms with van der Waals surface area (Å²) in [5.41, 5.74) is 0. The summed E-state index contributed by atoms with van der Waals surface area (Å²) in [4.78, 5) is 37.9. The van der Waals surface area contributed by atoms with Gasteiger partial charge in [-0.05, 0) is 31.1 Å². The highest BCUT2D eigenvalue weighted by molar-refractivity contribution is 5.71. The molecule has 0 saturated heterocycles. The van der Waals surface area contributed by atoms with Crippen LogP contribution >= 0.6 is 0 Å². The molecule has 2 unspecified atom stereocenters. The van der Waals surface area contributed by atoms with E-state index in [1.165, 1.54) is 173 Å². The predicted octanol–water partition coefficient (Wildman–Crippen LogP) is 16.5. The fourth-order valence-corrected chi connectivity index (χ4v) is 7.75. The Labute approximate surface area is 361 Å². The van der Waals surface area contributed by atoms with Gasteiger partial charge < -0.3 is 14.2 Å². The monoisotopic (exact) mass is 821 g/mol. The van der Waals surface area contributed by atoms with Crippen LogP contribution in [0, 0.1) is 11.8 Å². The second-order valence-electron chi connectivity index (χ2n) is 18.3. The van der Waals surface area contributed by atoms with Crippen LogP contribution in [0.4, 0.5) is 0 Å². The normalized spacial score (nSPS) is 13.0. The summed E-state index contributed by atoms with van der Waals surface area (Å²) in [6, 6.07) is 0. The second-order valence-corrected chi connectivity index (χ2v) is 18.3. The van der Waals surface area contributed by atoms with Crippen molar-refractivity contribution in [3.05, 3.63) is 0 Å². The minimum atomic E-state index is -0.762. The number of carbonyl (C=O) groups excluding carboxylic acids is 3. The first-order valence-corrected chi connectivity index (χ1v) is 25.8. The van der Waals surface area contributed by atoms with Crippen LogP contribution in [0.2, 0.25) is 0 Å². The van der Waals surface area contributed by atoms with Crippen LogP contribution in [0.3, 0.4) is 0 Å². The molecule has 344 valence electrons. The average molecular weight is 821 g/mol. The minimum absolute atomic E-state index is 0.0649. The fourth-order valence-electron chi connectivity index (χ4n) is 7.75. The van der Waals surface area contributed by atoms with Gasteiger partial charge in [0.25, 0.3) is 0 Å². The first kappa shape index (κ1) is 56.4. The van der Waals surface area contributed by atoms with Gasteiger partial charge in [0.1, 0.15) is 13.2 Å². The Morgan fingerprint density at radius 1 is 0.345 bits per heavy atom. The smallest absolute Gasteiger partial charge is 0.306 e. The Balaban J connectivity index is 4.27. The molecule has 0 spiro atoms. The quantitative estimate of drug-likeness (QED) is 0.0346. The van der Waals surface area contributed by atoms with E-state index in [1.54, 1.807) is 0 Å². The molecule has 0 bridgehead atoms. The Kier molecular flexibility index (Phi) is 43.7. The topological polar surface area (TPSA) is 78.9 Å². The zero-order valence-corrected chi connectivity index (χ0v) is 39.7. The lowest BCUT2D eigenvalue weighted by atomic mass is 9.99. The molecule has 0 aliphatic carbocycles. The lowest BCUT2D eigenvalue weighted by Gasteiger charge is -2.18. The minimum Gasteiger partial charge on any atom is -0.462 e. The average Bonchev–Trinajstić information content (AvgIpc) is 3.22. The maximum absolute atomic E-state index is 12.8. The molecule has 0 fully saturated rings. The van der Waals surface area contributed by atoms with Crippen molar-refractivity contribution in [2.75, 3.05) is 13.2 Å².